The van der Waals surface area contributed by atoms with Gasteiger partial charge in [-0.15, -0.1) is 11.3 Å². The molecule has 1 unspecified atom stereocenters. The summed E-state index contributed by atoms with van der Waals surface area (Å²) in [7, 11) is 0. The molecule has 1 saturated carbocycles. The van der Waals surface area contributed by atoms with Crippen LogP contribution in [-0.2, 0) is 17.7 Å². The highest BCUT2D eigenvalue weighted by Gasteiger charge is 2.24. The zero-order valence-electron chi connectivity index (χ0n) is 11.1. The van der Waals surface area contributed by atoms with Crippen molar-refractivity contribution in [3.05, 3.63) is 15.6 Å². The van der Waals surface area contributed by atoms with Crippen LogP contribution in [0.15, 0.2) is 0 Å². The zero-order valence-corrected chi connectivity index (χ0v) is 11.9. The van der Waals surface area contributed by atoms with Crippen molar-refractivity contribution < 1.29 is 4.74 Å². The minimum atomic E-state index is 0.545. The molecule has 1 aliphatic heterocycles. The van der Waals surface area contributed by atoms with Crippen molar-refractivity contribution in [3.8, 4) is 0 Å². The number of hydrogen-bond acceptors (Lipinski definition) is 4. The van der Waals surface area contributed by atoms with E-state index in [2.05, 4.69) is 12.2 Å². The number of aromatic nitrogens is 1. The summed E-state index contributed by atoms with van der Waals surface area (Å²) in [6.07, 6.45) is 6.17. The molecule has 0 spiro atoms. The monoisotopic (exact) mass is 266 g/mol. The van der Waals surface area contributed by atoms with Crippen molar-refractivity contribution in [2.24, 2.45) is 0 Å². The molecule has 0 amide bonds. The van der Waals surface area contributed by atoms with Crippen LogP contribution in [0, 0.1) is 0 Å². The summed E-state index contributed by atoms with van der Waals surface area (Å²) in [5.41, 5.74) is 1.30. The molecule has 3 nitrogen and oxygen atoms in total. The van der Waals surface area contributed by atoms with E-state index in [0.717, 1.165) is 32.2 Å². The van der Waals surface area contributed by atoms with Crippen LogP contribution in [0.2, 0.25) is 0 Å². The minimum Gasteiger partial charge on any atom is -0.381 e. The maximum atomic E-state index is 5.58. The quantitative estimate of drug-likeness (QED) is 0.890. The minimum absolute atomic E-state index is 0.545. The van der Waals surface area contributed by atoms with Gasteiger partial charge in [0.15, 0.2) is 0 Å². The van der Waals surface area contributed by atoms with E-state index in [-0.39, 0.29) is 0 Å². The summed E-state index contributed by atoms with van der Waals surface area (Å²) in [5, 5.41) is 4.91. The highest BCUT2D eigenvalue weighted by molar-refractivity contribution is 7.11. The fraction of sp³-hybridized carbons (Fsp3) is 0.786. The van der Waals surface area contributed by atoms with E-state index in [1.54, 1.807) is 0 Å². The van der Waals surface area contributed by atoms with Crippen molar-refractivity contribution >= 4 is 11.3 Å². The Morgan fingerprint density at radius 1 is 1.39 bits per heavy atom. The second kappa shape index (κ2) is 5.68. The molecule has 1 saturated heterocycles. The van der Waals surface area contributed by atoms with Crippen molar-refractivity contribution in [1.82, 2.24) is 10.3 Å². The molecule has 3 rings (SSSR count). The fourth-order valence-electron chi connectivity index (χ4n) is 2.45. The second-order valence-corrected chi connectivity index (χ2v) is 6.46. The third kappa shape index (κ3) is 2.92. The first-order chi connectivity index (χ1) is 8.86. The molecule has 0 aromatic carbocycles. The molecule has 1 aromatic rings. The Balaban J connectivity index is 1.69. The topological polar surface area (TPSA) is 34.1 Å². The van der Waals surface area contributed by atoms with Crippen molar-refractivity contribution in [2.75, 3.05) is 13.2 Å². The van der Waals surface area contributed by atoms with Crippen LogP contribution in [0.1, 0.15) is 54.1 Å². The van der Waals surface area contributed by atoms with E-state index >= 15 is 0 Å². The number of aryl methyl sites for hydroxylation is 1. The highest BCUT2D eigenvalue weighted by Crippen LogP contribution is 2.31. The van der Waals surface area contributed by atoms with Gasteiger partial charge in [-0.25, -0.2) is 4.98 Å². The number of hydrogen-bond donors (Lipinski definition) is 1. The maximum absolute atomic E-state index is 5.58. The number of rotatable bonds is 5. The lowest BCUT2D eigenvalue weighted by Crippen LogP contribution is -2.15. The van der Waals surface area contributed by atoms with Crippen molar-refractivity contribution in [2.45, 2.75) is 57.5 Å². The molecule has 2 aliphatic rings. The molecule has 1 aliphatic carbocycles. The summed E-state index contributed by atoms with van der Waals surface area (Å²) in [6, 6.07) is 0.776. The van der Waals surface area contributed by atoms with E-state index in [0.29, 0.717) is 5.92 Å². The summed E-state index contributed by atoms with van der Waals surface area (Å²) in [6.45, 7) is 5.01. The molecule has 18 heavy (non-hydrogen) atoms. The molecule has 1 aromatic heterocycles. The Morgan fingerprint density at radius 3 is 2.94 bits per heavy atom. The molecule has 2 heterocycles. The van der Waals surface area contributed by atoms with Gasteiger partial charge in [-0.05, 0) is 32.1 Å². The van der Waals surface area contributed by atoms with Gasteiger partial charge >= 0.3 is 0 Å². The van der Waals surface area contributed by atoms with Crippen LogP contribution in [-0.4, -0.2) is 24.2 Å². The Kier molecular flexibility index (Phi) is 3.97. The van der Waals surface area contributed by atoms with Crippen LogP contribution in [0.25, 0.3) is 0 Å². The van der Waals surface area contributed by atoms with E-state index < -0.39 is 0 Å². The summed E-state index contributed by atoms with van der Waals surface area (Å²) in [4.78, 5) is 6.30. The Bertz CT molecular complexity index is 394. The van der Waals surface area contributed by atoms with Crippen LogP contribution < -0.4 is 5.32 Å². The highest BCUT2D eigenvalue weighted by atomic mass is 32.1. The van der Waals surface area contributed by atoms with Gasteiger partial charge in [-0.2, -0.15) is 0 Å². The van der Waals surface area contributed by atoms with Crippen molar-refractivity contribution in [3.63, 3.8) is 0 Å². The summed E-state index contributed by atoms with van der Waals surface area (Å²) in [5.74, 6) is 0.545. The molecule has 100 valence electrons. The zero-order chi connectivity index (χ0) is 12.4. The molecule has 1 N–H and O–H groups in total. The van der Waals surface area contributed by atoms with E-state index in [4.69, 9.17) is 9.72 Å². The average Bonchev–Trinajstić information content (AvgIpc) is 3.16. The third-order valence-electron chi connectivity index (χ3n) is 3.77. The Labute approximate surface area is 113 Å². The predicted molar refractivity (Wildman–Crippen MR) is 74.1 cm³/mol. The van der Waals surface area contributed by atoms with Crippen LogP contribution in [0.3, 0.4) is 0 Å². The molecule has 4 heteroatoms. The fourth-order valence-corrected chi connectivity index (χ4v) is 3.68. The number of nitrogens with one attached hydrogen (secondary N) is 1. The van der Waals surface area contributed by atoms with Gasteiger partial charge in [0, 0.05) is 30.0 Å². The van der Waals surface area contributed by atoms with Gasteiger partial charge in [-0.1, -0.05) is 6.92 Å². The molecule has 0 radical (unpaired) electrons. The lowest BCUT2D eigenvalue weighted by molar-refractivity contribution is 0.0803. The first-order valence-corrected chi connectivity index (χ1v) is 7.98. The van der Waals surface area contributed by atoms with Crippen LogP contribution in [0.5, 0.6) is 0 Å². The number of nitrogens with zero attached hydrogens (tertiary/aromatic N) is 1. The van der Waals surface area contributed by atoms with Gasteiger partial charge < -0.3 is 10.1 Å². The first kappa shape index (κ1) is 12.6. The van der Waals surface area contributed by atoms with Gasteiger partial charge in [0.25, 0.3) is 0 Å². The van der Waals surface area contributed by atoms with Gasteiger partial charge in [0.05, 0.1) is 17.3 Å². The van der Waals surface area contributed by atoms with Gasteiger partial charge in [0.2, 0.25) is 0 Å². The number of ether oxygens (including phenoxy) is 1. The largest absolute Gasteiger partial charge is 0.381 e. The van der Waals surface area contributed by atoms with Crippen molar-refractivity contribution in [1.29, 1.82) is 0 Å². The standard InChI is InChI=1S/C14H22N2OS/c1-2-12-13(8-15-11-5-6-11)18-14(16-12)10-4-3-7-17-9-10/h10-11,15H,2-9H2,1H3. The smallest absolute Gasteiger partial charge is 0.0985 e. The molecule has 0 bridgehead atoms. The normalized spacial score (nSPS) is 24.4. The lowest BCUT2D eigenvalue weighted by Gasteiger charge is -2.19. The average molecular weight is 266 g/mol. The molecule has 1 atom stereocenters. The summed E-state index contributed by atoms with van der Waals surface area (Å²) < 4.78 is 5.58. The molecular weight excluding hydrogens is 244 g/mol. The van der Waals surface area contributed by atoms with Gasteiger partial charge in [-0.3, -0.25) is 0 Å². The lowest BCUT2D eigenvalue weighted by atomic mass is 10.0. The SMILES string of the molecule is CCc1nc(C2CCCOC2)sc1CNC1CC1. The van der Waals surface area contributed by atoms with E-state index in [1.165, 1.54) is 41.3 Å². The first-order valence-electron chi connectivity index (χ1n) is 7.16. The van der Waals surface area contributed by atoms with Crippen LogP contribution in [0.4, 0.5) is 0 Å². The number of thiazole rings is 1. The van der Waals surface area contributed by atoms with Crippen LogP contribution >= 0.6 is 11.3 Å². The third-order valence-corrected chi connectivity index (χ3v) is 5.03. The maximum Gasteiger partial charge on any atom is 0.0985 e. The van der Waals surface area contributed by atoms with E-state index in [9.17, 15) is 0 Å². The summed E-state index contributed by atoms with van der Waals surface area (Å²) >= 11 is 1.91. The molecule has 2 fully saturated rings. The van der Waals surface area contributed by atoms with Gasteiger partial charge in [0.1, 0.15) is 0 Å². The second-order valence-electron chi connectivity index (χ2n) is 5.34. The Morgan fingerprint density at radius 2 is 2.28 bits per heavy atom. The van der Waals surface area contributed by atoms with E-state index in [1.807, 2.05) is 11.3 Å². The predicted octanol–water partition coefficient (Wildman–Crippen LogP) is 2.85. The molecular formula is C14H22N2OS. The Hall–Kier alpha value is -0.450.